The summed E-state index contributed by atoms with van der Waals surface area (Å²) in [6.07, 6.45) is 2.01. The maximum atomic E-state index is 12.5. The van der Waals surface area contributed by atoms with Crippen molar-refractivity contribution in [3.63, 3.8) is 0 Å². The minimum atomic E-state index is -3.50. The molecule has 1 heterocycles. The van der Waals surface area contributed by atoms with Gasteiger partial charge >= 0.3 is 0 Å². The first-order chi connectivity index (χ1) is 10.4. The van der Waals surface area contributed by atoms with Gasteiger partial charge in [0, 0.05) is 30.6 Å². The van der Waals surface area contributed by atoms with Crippen LogP contribution in [0.15, 0.2) is 29.2 Å². The fourth-order valence-corrected chi connectivity index (χ4v) is 4.10. The number of benzene rings is 1. The summed E-state index contributed by atoms with van der Waals surface area (Å²) >= 11 is 5.79. The number of hydrogen-bond acceptors (Lipinski definition) is 3. The van der Waals surface area contributed by atoms with Crippen LogP contribution in [-0.4, -0.2) is 38.3 Å². The number of hydrogen-bond donors (Lipinski definition) is 1. The molecule has 2 rings (SSSR count). The average molecular weight is 345 g/mol. The van der Waals surface area contributed by atoms with Gasteiger partial charge in [-0.3, -0.25) is 4.79 Å². The molecule has 1 aliphatic rings. The molecular weight excluding hydrogens is 324 g/mol. The third-order valence-corrected chi connectivity index (χ3v) is 5.99. The van der Waals surface area contributed by atoms with Crippen LogP contribution in [0.1, 0.15) is 26.2 Å². The Kier molecular flexibility index (Phi) is 5.83. The van der Waals surface area contributed by atoms with Gasteiger partial charge in [-0.15, -0.1) is 0 Å². The summed E-state index contributed by atoms with van der Waals surface area (Å²) in [7, 11) is -3.50. The largest absolute Gasteiger partial charge is 0.356 e. The van der Waals surface area contributed by atoms with Crippen molar-refractivity contribution < 1.29 is 13.2 Å². The van der Waals surface area contributed by atoms with Crippen molar-refractivity contribution in [3.05, 3.63) is 29.3 Å². The highest BCUT2D eigenvalue weighted by molar-refractivity contribution is 7.89. The van der Waals surface area contributed by atoms with Crippen molar-refractivity contribution in [2.24, 2.45) is 5.92 Å². The molecule has 1 aliphatic heterocycles. The molecule has 1 amide bonds. The zero-order chi connectivity index (χ0) is 16.2. The summed E-state index contributed by atoms with van der Waals surface area (Å²) in [4.78, 5) is 12.2. The van der Waals surface area contributed by atoms with E-state index in [1.54, 1.807) is 12.1 Å². The molecule has 122 valence electrons. The van der Waals surface area contributed by atoms with Gasteiger partial charge in [-0.2, -0.15) is 4.31 Å². The lowest BCUT2D eigenvalue weighted by molar-refractivity contribution is -0.126. The number of halogens is 1. The molecule has 0 aliphatic carbocycles. The van der Waals surface area contributed by atoms with Crippen molar-refractivity contribution in [1.82, 2.24) is 9.62 Å². The predicted molar refractivity (Wildman–Crippen MR) is 86.2 cm³/mol. The van der Waals surface area contributed by atoms with Gasteiger partial charge in [0.2, 0.25) is 15.9 Å². The summed E-state index contributed by atoms with van der Waals surface area (Å²) in [6.45, 7) is 3.41. The van der Waals surface area contributed by atoms with Gasteiger partial charge in [0.15, 0.2) is 0 Å². The second-order valence-corrected chi connectivity index (χ2v) is 7.80. The highest BCUT2D eigenvalue weighted by Crippen LogP contribution is 2.24. The SMILES string of the molecule is CCCNC(=O)C1CCN(S(=O)(=O)c2ccc(Cl)cc2)CC1. The van der Waals surface area contributed by atoms with Crippen molar-refractivity contribution >= 4 is 27.5 Å². The fraction of sp³-hybridized carbons (Fsp3) is 0.533. The fourth-order valence-electron chi connectivity index (χ4n) is 2.51. The van der Waals surface area contributed by atoms with Crippen LogP contribution in [0.3, 0.4) is 0 Å². The Labute approximate surface area is 136 Å². The molecule has 1 fully saturated rings. The second-order valence-electron chi connectivity index (χ2n) is 5.42. The minimum absolute atomic E-state index is 0.0328. The molecule has 0 unspecified atom stereocenters. The van der Waals surface area contributed by atoms with E-state index in [9.17, 15) is 13.2 Å². The van der Waals surface area contributed by atoms with Crippen LogP contribution in [0, 0.1) is 5.92 Å². The average Bonchev–Trinajstić information content (AvgIpc) is 2.53. The zero-order valence-corrected chi connectivity index (χ0v) is 14.2. The maximum Gasteiger partial charge on any atom is 0.243 e. The molecule has 1 aromatic carbocycles. The highest BCUT2D eigenvalue weighted by atomic mass is 35.5. The number of piperidine rings is 1. The van der Waals surface area contributed by atoms with Crippen LogP contribution in [-0.2, 0) is 14.8 Å². The van der Waals surface area contributed by atoms with Gasteiger partial charge in [-0.05, 0) is 43.5 Å². The monoisotopic (exact) mass is 344 g/mol. The molecule has 22 heavy (non-hydrogen) atoms. The number of sulfonamides is 1. The van der Waals surface area contributed by atoms with Crippen molar-refractivity contribution in [2.75, 3.05) is 19.6 Å². The Balaban J connectivity index is 1.98. The van der Waals surface area contributed by atoms with E-state index in [1.165, 1.54) is 16.4 Å². The van der Waals surface area contributed by atoms with Gasteiger partial charge in [-0.25, -0.2) is 8.42 Å². The lowest BCUT2D eigenvalue weighted by atomic mass is 9.97. The van der Waals surface area contributed by atoms with Gasteiger partial charge in [0.05, 0.1) is 4.90 Å². The molecule has 0 spiro atoms. The predicted octanol–water partition coefficient (Wildman–Crippen LogP) is 2.27. The van der Waals surface area contributed by atoms with E-state index < -0.39 is 10.0 Å². The minimum Gasteiger partial charge on any atom is -0.356 e. The zero-order valence-electron chi connectivity index (χ0n) is 12.6. The number of amides is 1. The van der Waals surface area contributed by atoms with Crippen LogP contribution >= 0.6 is 11.6 Å². The maximum absolute atomic E-state index is 12.5. The normalized spacial score (nSPS) is 17.4. The summed E-state index contributed by atoms with van der Waals surface area (Å²) in [5.74, 6) is -0.0615. The summed E-state index contributed by atoms with van der Waals surface area (Å²) in [5.41, 5.74) is 0. The standard InChI is InChI=1S/C15H21ClN2O3S/c1-2-9-17-15(19)12-7-10-18(11-8-12)22(20,21)14-5-3-13(16)4-6-14/h3-6,12H,2,7-11H2,1H3,(H,17,19). The number of rotatable bonds is 5. The summed E-state index contributed by atoms with van der Waals surface area (Å²) in [6, 6.07) is 6.16. The third-order valence-electron chi connectivity index (χ3n) is 3.83. The molecule has 1 N–H and O–H groups in total. The molecule has 0 atom stereocenters. The van der Waals surface area contributed by atoms with Crippen LogP contribution in [0.5, 0.6) is 0 Å². The highest BCUT2D eigenvalue weighted by Gasteiger charge is 2.31. The van der Waals surface area contributed by atoms with Crippen LogP contribution in [0.25, 0.3) is 0 Å². The lowest BCUT2D eigenvalue weighted by Crippen LogP contribution is -2.43. The number of carbonyl (C=O) groups is 1. The second kappa shape index (κ2) is 7.44. The first kappa shape index (κ1) is 17.2. The third kappa shape index (κ3) is 4.00. The van der Waals surface area contributed by atoms with E-state index in [4.69, 9.17) is 11.6 Å². The molecule has 0 radical (unpaired) electrons. The molecule has 5 nitrogen and oxygen atoms in total. The topological polar surface area (TPSA) is 66.5 Å². The number of nitrogens with zero attached hydrogens (tertiary/aromatic N) is 1. The van der Waals surface area contributed by atoms with E-state index in [1.807, 2.05) is 6.92 Å². The first-order valence-corrected chi connectivity index (χ1v) is 9.30. The van der Waals surface area contributed by atoms with Crippen molar-refractivity contribution in [2.45, 2.75) is 31.1 Å². The quantitative estimate of drug-likeness (QED) is 0.891. The number of nitrogens with one attached hydrogen (secondary N) is 1. The molecule has 0 aromatic heterocycles. The van der Waals surface area contributed by atoms with Gasteiger partial charge in [0.25, 0.3) is 0 Å². The molecule has 1 aromatic rings. The van der Waals surface area contributed by atoms with Crippen molar-refractivity contribution in [3.8, 4) is 0 Å². The van der Waals surface area contributed by atoms with Gasteiger partial charge in [-0.1, -0.05) is 18.5 Å². The Bertz CT molecular complexity index is 608. The van der Waals surface area contributed by atoms with Crippen LogP contribution in [0.4, 0.5) is 0 Å². The van der Waals surface area contributed by atoms with Crippen molar-refractivity contribution in [1.29, 1.82) is 0 Å². The molecule has 0 bridgehead atoms. The van der Waals surface area contributed by atoms with E-state index in [2.05, 4.69) is 5.32 Å². The van der Waals surface area contributed by atoms with Crippen LogP contribution in [0.2, 0.25) is 5.02 Å². The van der Waals surface area contributed by atoms with Gasteiger partial charge < -0.3 is 5.32 Å². The Hall–Kier alpha value is -1.11. The van der Waals surface area contributed by atoms with Crippen LogP contribution < -0.4 is 5.32 Å². The Morgan fingerprint density at radius 2 is 1.86 bits per heavy atom. The molecule has 1 saturated heterocycles. The Morgan fingerprint density at radius 1 is 1.27 bits per heavy atom. The van der Waals surface area contributed by atoms with Gasteiger partial charge in [0.1, 0.15) is 0 Å². The van der Waals surface area contributed by atoms with E-state index in [0.29, 0.717) is 37.5 Å². The summed E-state index contributed by atoms with van der Waals surface area (Å²) in [5, 5.41) is 3.38. The molecule has 0 saturated carbocycles. The smallest absolute Gasteiger partial charge is 0.243 e. The molecule has 7 heteroatoms. The summed E-state index contributed by atoms with van der Waals surface area (Å²) < 4.78 is 26.5. The first-order valence-electron chi connectivity index (χ1n) is 7.48. The molecular formula is C15H21ClN2O3S. The van der Waals surface area contributed by atoms with E-state index >= 15 is 0 Å². The lowest BCUT2D eigenvalue weighted by Gasteiger charge is -2.30. The Morgan fingerprint density at radius 3 is 2.41 bits per heavy atom. The number of carbonyl (C=O) groups excluding carboxylic acids is 1. The van der Waals surface area contributed by atoms with E-state index in [0.717, 1.165) is 6.42 Å². The van der Waals surface area contributed by atoms with E-state index in [-0.39, 0.29) is 16.7 Å².